The Morgan fingerprint density at radius 1 is 0.735 bits per heavy atom. The summed E-state index contributed by atoms with van der Waals surface area (Å²) in [6, 6.07) is 19.4. The van der Waals surface area contributed by atoms with Crippen molar-refractivity contribution in [1.82, 2.24) is 0 Å². The molecule has 0 N–H and O–H groups in total. The fourth-order valence-electron chi connectivity index (χ4n) is 3.13. The number of hydrogen-bond donors (Lipinski definition) is 0. The third-order valence-electron chi connectivity index (χ3n) is 4.92. The van der Waals surface area contributed by atoms with Crippen molar-refractivity contribution in [2.45, 2.75) is 19.3 Å². The smallest absolute Gasteiger partial charge is 0.314 e. The van der Waals surface area contributed by atoms with Gasteiger partial charge in [0.15, 0.2) is 0 Å². The fourth-order valence-corrected chi connectivity index (χ4v) is 3.13. The van der Waals surface area contributed by atoms with Crippen molar-refractivity contribution in [3.8, 4) is 11.5 Å². The zero-order chi connectivity index (χ0) is 24.5. The molecule has 0 heterocycles. The van der Waals surface area contributed by atoms with Gasteiger partial charge in [0.25, 0.3) is 11.4 Å². The lowest BCUT2D eigenvalue weighted by atomic mass is 9.96. The zero-order valence-electron chi connectivity index (χ0n) is 17.9. The van der Waals surface area contributed by atoms with E-state index in [0.29, 0.717) is 12.8 Å². The van der Waals surface area contributed by atoms with E-state index in [2.05, 4.69) is 0 Å². The molecule has 3 aromatic carbocycles. The van der Waals surface area contributed by atoms with Gasteiger partial charge < -0.3 is 9.47 Å². The summed E-state index contributed by atoms with van der Waals surface area (Å²) in [6.45, 7) is 0. The third kappa shape index (κ3) is 6.95. The van der Waals surface area contributed by atoms with E-state index in [0.717, 1.165) is 5.56 Å². The number of nitro benzene ring substituents is 2. The molecule has 0 amide bonds. The Bertz CT molecular complexity index is 1160. The number of non-ortho nitro benzene ring substituents is 2. The van der Waals surface area contributed by atoms with Crippen LogP contribution in [0.25, 0.3) is 0 Å². The van der Waals surface area contributed by atoms with Gasteiger partial charge in [-0.25, -0.2) is 0 Å². The monoisotopic (exact) mass is 464 g/mol. The molecule has 0 spiro atoms. The average molecular weight is 464 g/mol. The molecule has 0 saturated heterocycles. The molecule has 10 nitrogen and oxygen atoms in total. The topological polar surface area (TPSA) is 139 Å². The Kier molecular flexibility index (Phi) is 8.01. The number of carbonyl (C=O) groups excluding carboxylic acids is 2. The van der Waals surface area contributed by atoms with Gasteiger partial charge in [-0.15, -0.1) is 0 Å². The number of benzene rings is 3. The standard InChI is InChI=1S/C24H20N2O8/c27-23(33-21-12-8-19(9-13-21)25(29)30)16-18(7-6-17-4-2-1-3-5-17)24(28)34-22-14-10-20(11-15-22)26(31)32/h1-5,8-15,18H,6-7,16H2/t18-/m1/s1. The lowest BCUT2D eigenvalue weighted by Crippen LogP contribution is -2.26. The molecular weight excluding hydrogens is 444 g/mol. The van der Waals surface area contributed by atoms with Crippen molar-refractivity contribution in [2.24, 2.45) is 5.92 Å². The predicted octanol–water partition coefficient (Wildman–Crippen LogP) is 4.65. The second-order valence-corrected chi connectivity index (χ2v) is 7.32. The summed E-state index contributed by atoms with van der Waals surface area (Å²) in [4.78, 5) is 45.7. The van der Waals surface area contributed by atoms with Crippen LogP contribution in [-0.2, 0) is 16.0 Å². The highest BCUT2D eigenvalue weighted by atomic mass is 16.6. The van der Waals surface area contributed by atoms with Gasteiger partial charge in [-0.1, -0.05) is 30.3 Å². The van der Waals surface area contributed by atoms with Crippen LogP contribution in [-0.4, -0.2) is 21.8 Å². The maximum Gasteiger partial charge on any atom is 0.314 e. The normalized spacial score (nSPS) is 11.3. The molecule has 0 aliphatic carbocycles. The number of carbonyl (C=O) groups is 2. The van der Waals surface area contributed by atoms with Crippen molar-refractivity contribution < 1.29 is 28.9 Å². The number of ether oxygens (including phenoxy) is 2. The van der Waals surface area contributed by atoms with Gasteiger partial charge in [-0.3, -0.25) is 29.8 Å². The fraction of sp³-hybridized carbons (Fsp3) is 0.167. The van der Waals surface area contributed by atoms with Crippen LogP contribution in [0, 0.1) is 26.1 Å². The lowest BCUT2D eigenvalue weighted by molar-refractivity contribution is -0.385. The molecule has 0 bridgehead atoms. The Morgan fingerprint density at radius 3 is 1.74 bits per heavy atom. The molecule has 1 atom stereocenters. The molecule has 3 aromatic rings. The maximum absolute atomic E-state index is 12.8. The molecule has 3 rings (SSSR count). The minimum atomic E-state index is -0.846. The Hall–Kier alpha value is -4.60. The van der Waals surface area contributed by atoms with Crippen LogP contribution >= 0.6 is 0 Å². The van der Waals surface area contributed by atoms with E-state index in [1.807, 2.05) is 30.3 Å². The molecule has 34 heavy (non-hydrogen) atoms. The first-order valence-electron chi connectivity index (χ1n) is 10.3. The van der Waals surface area contributed by atoms with Crippen molar-refractivity contribution in [1.29, 1.82) is 0 Å². The largest absolute Gasteiger partial charge is 0.427 e. The molecule has 10 heteroatoms. The van der Waals surface area contributed by atoms with Gasteiger partial charge in [-0.05, 0) is 42.7 Å². The molecule has 0 aliphatic heterocycles. The molecule has 174 valence electrons. The summed E-state index contributed by atoms with van der Waals surface area (Å²) >= 11 is 0. The highest BCUT2D eigenvalue weighted by molar-refractivity contribution is 5.82. The van der Waals surface area contributed by atoms with Gasteiger partial charge in [0.2, 0.25) is 0 Å². The number of rotatable bonds is 10. The Balaban J connectivity index is 1.68. The van der Waals surface area contributed by atoms with Gasteiger partial charge in [0.05, 0.1) is 22.2 Å². The zero-order valence-corrected chi connectivity index (χ0v) is 17.9. The first kappa shape index (κ1) is 24.1. The number of nitro groups is 2. The molecular formula is C24H20N2O8. The van der Waals surface area contributed by atoms with Crippen LogP contribution in [0.2, 0.25) is 0 Å². The number of aryl methyl sites for hydroxylation is 1. The van der Waals surface area contributed by atoms with E-state index >= 15 is 0 Å². The molecule has 0 saturated carbocycles. The van der Waals surface area contributed by atoms with Gasteiger partial charge in [0.1, 0.15) is 11.5 Å². The summed E-state index contributed by atoms with van der Waals surface area (Å²) in [7, 11) is 0. The van der Waals surface area contributed by atoms with E-state index in [9.17, 15) is 29.8 Å². The van der Waals surface area contributed by atoms with Crippen LogP contribution in [0.3, 0.4) is 0 Å². The van der Waals surface area contributed by atoms with E-state index in [1.54, 1.807) is 0 Å². The summed E-state index contributed by atoms with van der Waals surface area (Å²) in [5, 5.41) is 21.6. The number of nitrogens with zero attached hydrogens (tertiary/aromatic N) is 2. The van der Waals surface area contributed by atoms with Crippen molar-refractivity contribution in [3.63, 3.8) is 0 Å². The highest BCUT2D eigenvalue weighted by Crippen LogP contribution is 2.23. The minimum Gasteiger partial charge on any atom is -0.427 e. The van der Waals surface area contributed by atoms with Crippen LogP contribution in [0.4, 0.5) is 11.4 Å². The van der Waals surface area contributed by atoms with Gasteiger partial charge in [0, 0.05) is 24.3 Å². The van der Waals surface area contributed by atoms with Crippen molar-refractivity contribution in [3.05, 3.63) is 105 Å². The molecule has 0 radical (unpaired) electrons. The van der Waals surface area contributed by atoms with E-state index in [-0.39, 0.29) is 29.3 Å². The second-order valence-electron chi connectivity index (χ2n) is 7.32. The summed E-state index contributed by atoms with van der Waals surface area (Å²) in [5.74, 6) is -2.00. The van der Waals surface area contributed by atoms with Crippen LogP contribution < -0.4 is 9.47 Å². The summed E-state index contributed by atoms with van der Waals surface area (Å²) in [5.41, 5.74) is 0.679. The van der Waals surface area contributed by atoms with E-state index in [1.165, 1.54) is 48.5 Å². The number of esters is 2. The third-order valence-corrected chi connectivity index (χ3v) is 4.92. The Labute approximate surface area is 194 Å². The maximum atomic E-state index is 12.8. The van der Waals surface area contributed by atoms with Crippen LogP contribution in [0.15, 0.2) is 78.9 Å². The molecule has 0 unspecified atom stereocenters. The average Bonchev–Trinajstić information content (AvgIpc) is 2.83. The quantitative estimate of drug-likeness (QED) is 0.183. The second kappa shape index (κ2) is 11.3. The SMILES string of the molecule is O=C(C[C@@H](CCc1ccccc1)C(=O)Oc1ccc([N+](=O)[O-])cc1)Oc1ccc([N+](=O)[O-])cc1. The van der Waals surface area contributed by atoms with Crippen molar-refractivity contribution >= 4 is 23.3 Å². The highest BCUT2D eigenvalue weighted by Gasteiger charge is 2.25. The first-order chi connectivity index (χ1) is 16.3. The predicted molar refractivity (Wildman–Crippen MR) is 120 cm³/mol. The van der Waals surface area contributed by atoms with Gasteiger partial charge in [-0.2, -0.15) is 0 Å². The molecule has 0 aromatic heterocycles. The summed E-state index contributed by atoms with van der Waals surface area (Å²) in [6.07, 6.45) is 0.520. The van der Waals surface area contributed by atoms with Crippen molar-refractivity contribution in [2.75, 3.05) is 0 Å². The summed E-state index contributed by atoms with van der Waals surface area (Å²) < 4.78 is 10.6. The van der Waals surface area contributed by atoms with Gasteiger partial charge >= 0.3 is 11.9 Å². The number of hydrogen-bond acceptors (Lipinski definition) is 8. The minimum absolute atomic E-state index is 0.112. The molecule has 0 fully saturated rings. The van der Waals surface area contributed by atoms with E-state index in [4.69, 9.17) is 9.47 Å². The lowest BCUT2D eigenvalue weighted by Gasteiger charge is -2.15. The van der Waals surface area contributed by atoms with E-state index < -0.39 is 27.7 Å². The molecule has 0 aliphatic rings. The van der Waals surface area contributed by atoms with Crippen LogP contribution in [0.5, 0.6) is 11.5 Å². The first-order valence-corrected chi connectivity index (χ1v) is 10.3. The Morgan fingerprint density at radius 2 is 1.24 bits per heavy atom. The van der Waals surface area contributed by atoms with Crippen LogP contribution in [0.1, 0.15) is 18.4 Å².